The SMILES string of the molecule is CCc1cc(=O)oc2cc(OCC(=O)C(C)(C)C)ccc12. The van der Waals surface area contributed by atoms with Gasteiger partial charge in [0.1, 0.15) is 17.9 Å². The van der Waals surface area contributed by atoms with Crippen LogP contribution in [0.2, 0.25) is 0 Å². The van der Waals surface area contributed by atoms with E-state index in [1.54, 1.807) is 12.1 Å². The molecular weight excluding hydrogens is 268 g/mol. The maximum Gasteiger partial charge on any atom is 0.336 e. The molecule has 0 saturated heterocycles. The molecule has 0 unspecified atom stereocenters. The third-order valence-corrected chi connectivity index (χ3v) is 3.39. The van der Waals surface area contributed by atoms with E-state index in [0.717, 1.165) is 17.4 Å². The normalized spacial score (nSPS) is 11.6. The smallest absolute Gasteiger partial charge is 0.336 e. The van der Waals surface area contributed by atoms with Crippen molar-refractivity contribution in [1.82, 2.24) is 0 Å². The number of carbonyl (C=O) groups is 1. The van der Waals surface area contributed by atoms with Gasteiger partial charge in [0.05, 0.1) is 0 Å². The predicted octanol–water partition coefficient (Wildman–Crippen LogP) is 3.35. The Morgan fingerprint density at radius 1 is 1.24 bits per heavy atom. The highest BCUT2D eigenvalue weighted by Crippen LogP contribution is 2.23. The molecule has 0 saturated carbocycles. The summed E-state index contributed by atoms with van der Waals surface area (Å²) in [5.74, 6) is 0.544. The lowest BCUT2D eigenvalue weighted by atomic mass is 9.91. The lowest BCUT2D eigenvalue weighted by Gasteiger charge is -2.16. The molecule has 0 fully saturated rings. The van der Waals surface area contributed by atoms with E-state index in [1.165, 1.54) is 6.07 Å². The van der Waals surface area contributed by atoms with Crippen LogP contribution in [0, 0.1) is 5.41 Å². The van der Waals surface area contributed by atoms with Crippen LogP contribution >= 0.6 is 0 Å². The molecule has 0 bridgehead atoms. The van der Waals surface area contributed by atoms with Crippen molar-refractivity contribution >= 4 is 16.8 Å². The van der Waals surface area contributed by atoms with Gasteiger partial charge in [-0.25, -0.2) is 4.79 Å². The third-order valence-electron chi connectivity index (χ3n) is 3.39. The Labute approximate surface area is 123 Å². The van der Waals surface area contributed by atoms with Gasteiger partial charge in [-0.15, -0.1) is 0 Å². The molecule has 4 nitrogen and oxygen atoms in total. The van der Waals surface area contributed by atoms with Gasteiger partial charge in [0, 0.05) is 22.9 Å². The van der Waals surface area contributed by atoms with E-state index in [2.05, 4.69) is 0 Å². The molecule has 0 aliphatic rings. The maximum absolute atomic E-state index is 11.9. The van der Waals surface area contributed by atoms with Crippen LogP contribution in [0.3, 0.4) is 0 Å². The van der Waals surface area contributed by atoms with Crippen LogP contribution in [-0.4, -0.2) is 12.4 Å². The zero-order valence-corrected chi connectivity index (χ0v) is 12.9. The summed E-state index contributed by atoms with van der Waals surface area (Å²) < 4.78 is 10.7. The van der Waals surface area contributed by atoms with Crippen molar-refractivity contribution in [3.8, 4) is 5.75 Å². The summed E-state index contributed by atoms with van der Waals surface area (Å²) in [5, 5.41) is 0.895. The first-order valence-corrected chi connectivity index (χ1v) is 7.04. The second-order valence-electron chi connectivity index (χ2n) is 6.06. The molecule has 2 aromatic rings. The van der Waals surface area contributed by atoms with Gasteiger partial charge >= 0.3 is 5.63 Å². The second kappa shape index (κ2) is 5.72. The van der Waals surface area contributed by atoms with Gasteiger partial charge in [0.25, 0.3) is 0 Å². The Bertz CT molecular complexity index is 720. The maximum atomic E-state index is 11.9. The number of aryl methyl sites for hydroxylation is 1. The fourth-order valence-electron chi connectivity index (χ4n) is 1.96. The first-order valence-electron chi connectivity index (χ1n) is 7.04. The largest absolute Gasteiger partial charge is 0.486 e. The standard InChI is InChI=1S/C17H20O4/c1-5-11-8-16(19)21-14-9-12(6-7-13(11)14)20-10-15(18)17(2,3)4/h6-9H,5,10H2,1-4H3. The van der Waals surface area contributed by atoms with Gasteiger partial charge in [0.15, 0.2) is 5.78 Å². The minimum Gasteiger partial charge on any atom is -0.486 e. The Morgan fingerprint density at radius 2 is 1.95 bits per heavy atom. The lowest BCUT2D eigenvalue weighted by Crippen LogP contribution is -2.26. The molecule has 112 valence electrons. The molecule has 0 radical (unpaired) electrons. The van der Waals surface area contributed by atoms with Crippen LogP contribution in [0.15, 0.2) is 33.5 Å². The fraction of sp³-hybridized carbons (Fsp3) is 0.412. The number of fused-ring (bicyclic) bond motifs is 1. The van der Waals surface area contributed by atoms with Crippen molar-refractivity contribution in [1.29, 1.82) is 0 Å². The summed E-state index contributed by atoms with van der Waals surface area (Å²) >= 11 is 0. The van der Waals surface area contributed by atoms with Crippen LogP contribution in [0.5, 0.6) is 5.75 Å². The van der Waals surface area contributed by atoms with Crippen molar-refractivity contribution in [3.63, 3.8) is 0 Å². The first kappa shape index (κ1) is 15.3. The van der Waals surface area contributed by atoms with E-state index in [0.29, 0.717) is 11.3 Å². The highest BCUT2D eigenvalue weighted by atomic mass is 16.5. The van der Waals surface area contributed by atoms with Gasteiger partial charge in [-0.05, 0) is 24.1 Å². The van der Waals surface area contributed by atoms with Crippen LogP contribution in [-0.2, 0) is 11.2 Å². The van der Waals surface area contributed by atoms with Crippen molar-refractivity contribution in [2.24, 2.45) is 5.41 Å². The summed E-state index contributed by atoms with van der Waals surface area (Å²) in [6.45, 7) is 7.55. The average Bonchev–Trinajstić information content (AvgIpc) is 2.42. The number of hydrogen-bond acceptors (Lipinski definition) is 4. The molecule has 0 N–H and O–H groups in total. The van der Waals surface area contributed by atoms with Crippen molar-refractivity contribution in [2.45, 2.75) is 34.1 Å². The molecular formula is C17H20O4. The van der Waals surface area contributed by atoms with Gasteiger partial charge in [-0.3, -0.25) is 4.79 Å². The summed E-state index contributed by atoms with van der Waals surface area (Å²) in [5.41, 5.74) is 0.625. The number of carbonyl (C=O) groups excluding carboxylic acids is 1. The van der Waals surface area contributed by atoms with E-state index in [9.17, 15) is 9.59 Å². The molecule has 0 spiro atoms. The van der Waals surface area contributed by atoms with Crippen molar-refractivity contribution in [2.75, 3.05) is 6.61 Å². The third kappa shape index (κ3) is 3.51. The van der Waals surface area contributed by atoms with Crippen LogP contribution < -0.4 is 10.4 Å². The molecule has 21 heavy (non-hydrogen) atoms. The van der Waals surface area contributed by atoms with Gasteiger partial charge < -0.3 is 9.15 Å². The molecule has 0 amide bonds. The molecule has 0 aliphatic carbocycles. The molecule has 1 aromatic carbocycles. The van der Waals surface area contributed by atoms with Gasteiger partial charge in [-0.1, -0.05) is 27.7 Å². The van der Waals surface area contributed by atoms with Crippen LogP contribution in [0.25, 0.3) is 11.0 Å². The zero-order chi connectivity index (χ0) is 15.6. The average molecular weight is 288 g/mol. The van der Waals surface area contributed by atoms with Gasteiger partial charge in [-0.2, -0.15) is 0 Å². The number of rotatable bonds is 4. The Hall–Kier alpha value is -2.10. The molecule has 0 aliphatic heterocycles. The topological polar surface area (TPSA) is 56.5 Å². The molecule has 1 heterocycles. The van der Waals surface area contributed by atoms with E-state index >= 15 is 0 Å². The monoisotopic (exact) mass is 288 g/mol. The Morgan fingerprint density at radius 3 is 2.57 bits per heavy atom. The van der Waals surface area contributed by atoms with Crippen LogP contribution in [0.1, 0.15) is 33.3 Å². The predicted molar refractivity (Wildman–Crippen MR) is 81.8 cm³/mol. The van der Waals surface area contributed by atoms with Crippen LogP contribution in [0.4, 0.5) is 0 Å². The summed E-state index contributed by atoms with van der Waals surface area (Å²) in [4.78, 5) is 23.4. The summed E-state index contributed by atoms with van der Waals surface area (Å²) in [6, 6.07) is 6.81. The van der Waals surface area contributed by atoms with E-state index in [4.69, 9.17) is 9.15 Å². The first-order chi connectivity index (χ1) is 9.81. The van der Waals surface area contributed by atoms with Crippen molar-refractivity contribution < 1.29 is 13.9 Å². The number of ketones is 1. The lowest BCUT2D eigenvalue weighted by molar-refractivity contribution is -0.128. The van der Waals surface area contributed by atoms with E-state index in [1.807, 2.05) is 33.8 Å². The quantitative estimate of drug-likeness (QED) is 0.810. The fourth-order valence-corrected chi connectivity index (χ4v) is 1.96. The number of Topliss-reactive ketones (excluding diaryl/α,β-unsaturated/α-hetero) is 1. The summed E-state index contributed by atoms with van der Waals surface area (Å²) in [6.07, 6.45) is 0.755. The van der Waals surface area contributed by atoms with E-state index < -0.39 is 5.41 Å². The number of benzene rings is 1. The summed E-state index contributed by atoms with van der Waals surface area (Å²) in [7, 11) is 0. The Balaban J connectivity index is 2.27. The van der Waals surface area contributed by atoms with E-state index in [-0.39, 0.29) is 18.0 Å². The number of hydrogen-bond donors (Lipinski definition) is 0. The molecule has 4 heteroatoms. The molecule has 2 rings (SSSR count). The highest BCUT2D eigenvalue weighted by Gasteiger charge is 2.21. The van der Waals surface area contributed by atoms with Gasteiger partial charge in [0.2, 0.25) is 0 Å². The number of ether oxygens (including phenoxy) is 1. The minimum absolute atomic E-state index is 0.00665. The second-order valence-corrected chi connectivity index (χ2v) is 6.06. The van der Waals surface area contributed by atoms with Crippen molar-refractivity contribution in [3.05, 3.63) is 40.2 Å². The molecule has 0 atom stereocenters. The minimum atomic E-state index is -0.432. The Kier molecular flexibility index (Phi) is 4.16. The molecule has 1 aromatic heterocycles. The zero-order valence-electron chi connectivity index (χ0n) is 12.9. The highest BCUT2D eigenvalue weighted by molar-refractivity contribution is 5.85.